The molecule has 0 aliphatic carbocycles. The average Bonchev–Trinajstić information content (AvgIpc) is 2.51. The minimum atomic E-state index is 0.0691. The second-order valence-corrected chi connectivity index (χ2v) is 6.82. The third kappa shape index (κ3) is 5.23. The van der Waals surface area contributed by atoms with E-state index in [1.807, 2.05) is 12.1 Å². The summed E-state index contributed by atoms with van der Waals surface area (Å²) in [6.07, 6.45) is 5.41. The van der Waals surface area contributed by atoms with E-state index in [2.05, 4.69) is 66.5 Å². The Balaban J connectivity index is 2.09. The van der Waals surface area contributed by atoms with E-state index in [9.17, 15) is 0 Å². The Morgan fingerprint density at radius 3 is 2.57 bits per heavy atom. The van der Waals surface area contributed by atoms with Gasteiger partial charge in [-0.05, 0) is 29.5 Å². The molecule has 1 heterocycles. The smallest absolute Gasteiger partial charge is 0.229 e. The lowest BCUT2D eigenvalue weighted by Gasteiger charge is -2.23. The molecule has 0 saturated carbocycles. The van der Waals surface area contributed by atoms with E-state index in [4.69, 9.17) is 0 Å². The summed E-state index contributed by atoms with van der Waals surface area (Å²) in [5.74, 6) is 1.49. The molecule has 0 amide bonds. The van der Waals surface area contributed by atoms with Gasteiger partial charge in [-0.25, -0.2) is 4.98 Å². The summed E-state index contributed by atoms with van der Waals surface area (Å²) in [7, 11) is 0. The zero-order valence-corrected chi connectivity index (χ0v) is 14.7. The SMILES string of the molecule is CCCCCNc1ccnc(Nc2ccccc2C(C)(C)C)n1. The molecule has 0 bridgehead atoms. The Kier molecular flexibility index (Phi) is 5.97. The number of unbranched alkanes of at least 4 members (excludes halogenated alkanes) is 2. The van der Waals surface area contributed by atoms with Crippen LogP contribution in [0.15, 0.2) is 36.5 Å². The molecule has 4 heteroatoms. The maximum atomic E-state index is 4.56. The topological polar surface area (TPSA) is 49.8 Å². The number of rotatable bonds is 7. The van der Waals surface area contributed by atoms with E-state index in [1.54, 1.807) is 6.20 Å². The molecule has 0 atom stereocenters. The van der Waals surface area contributed by atoms with E-state index < -0.39 is 0 Å². The molecule has 1 aromatic carbocycles. The fourth-order valence-electron chi connectivity index (χ4n) is 2.48. The quantitative estimate of drug-likeness (QED) is 0.697. The summed E-state index contributed by atoms with van der Waals surface area (Å²) in [6.45, 7) is 9.78. The number of nitrogens with one attached hydrogen (secondary N) is 2. The summed E-state index contributed by atoms with van der Waals surface area (Å²) in [5, 5.41) is 6.72. The van der Waals surface area contributed by atoms with Crippen LogP contribution in [0.25, 0.3) is 0 Å². The lowest BCUT2D eigenvalue weighted by Crippen LogP contribution is -2.14. The average molecular weight is 312 g/mol. The zero-order chi connectivity index (χ0) is 16.7. The highest BCUT2D eigenvalue weighted by Crippen LogP contribution is 2.30. The Labute approximate surface area is 139 Å². The minimum absolute atomic E-state index is 0.0691. The summed E-state index contributed by atoms with van der Waals surface area (Å²) < 4.78 is 0. The van der Waals surface area contributed by atoms with Crippen LogP contribution >= 0.6 is 0 Å². The highest BCUT2D eigenvalue weighted by Gasteiger charge is 2.17. The summed E-state index contributed by atoms with van der Waals surface area (Å²) in [4.78, 5) is 8.90. The van der Waals surface area contributed by atoms with Gasteiger partial charge < -0.3 is 10.6 Å². The molecule has 0 aliphatic heterocycles. The van der Waals surface area contributed by atoms with Gasteiger partial charge in [0.1, 0.15) is 5.82 Å². The first-order valence-corrected chi connectivity index (χ1v) is 8.44. The van der Waals surface area contributed by atoms with Crippen molar-refractivity contribution >= 4 is 17.5 Å². The number of hydrogen-bond donors (Lipinski definition) is 2. The normalized spacial score (nSPS) is 11.3. The van der Waals surface area contributed by atoms with Gasteiger partial charge in [0.25, 0.3) is 0 Å². The van der Waals surface area contributed by atoms with Crippen LogP contribution in [0.2, 0.25) is 0 Å². The van der Waals surface area contributed by atoms with Crippen LogP contribution in [0.4, 0.5) is 17.5 Å². The van der Waals surface area contributed by atoms with Crippen molar-refractivity contribution in [2.75, 3.05) is 17.2 Å². The van der Waals surface area contributed by atoms with Crippen LogP contribution in [-0.2, 0) is 5.41 Å². The van der Waals surface area contributed by atoms with Gasteiger partial charge in [-0.15, -0.1) is 0 Å². The van der Waals surface area contributed by atoms with Crippen molar-refractivity contribution in [2.24, 2.45) is 0 Å². The molecule has 0 fully saturated rings. The van der Waals surface area contributed by atoms with Gasteiger partial charge >= 0.3 is 0 Å². The molecule has 2 N–H and O–H groups in total. The molecular weight excluding hydrogens is 284 g/mol. The molecule has 0 radical (unpaired) electrons. The van der Waals surface area contributed by atoms with E-state index >= 15 is 0 Å². The van der Waals surface area contributed by atoms with Crippen LogP contribution in [0.1, 0.15) is 52.5 Å². The van der Waals surface area contributed by atoms with Gasteiger partial charge in [-0.2, -0.15) is 4.98 Å². The Hall–Kier alpha value is -2.10. The number of hydrogen-bond acceptors (Lipinski definition) is 4. The lowest BCUT2D eigenvalue weighted by atomic mass is 9.86. The number of benzene rings is 1. The van der Waals surface area contributed by atoms with Gasteiger partial charge in [-0.1, -0.05) is 58.7 Å². The second-order valence-electron chi connectivity index (χ2n) is 6.82. The minimum Gasteiger partial charge on any atom is -0.370 e. The predicted octanol–water partition coefficient (Wildman–Crippen LogP) is 5.12. The number of para-hydroxylation sites is 1. The molecular formula is C19H28N4. The predicted molar refractivity (Wildman–Crippen MR) is 98.5 cm³/mol. The van der Waals surface area contributed by atoms with Crippen molar-refractivity contribution in [1.29, 1.82) is 0 Å². The Morgan fingerprint density at radius 1 is 1.04 bits per heavy atom. The lowest BCUT2D eigenvalue weighted by molar-refractivity contribution is 0.592. The van der Waals surface area contributed by atoms with E-state index in [0.29, 0.717) is 5.95 Å². The first kappa shape index (κ1) is 17.3. The third-order valence-corrected chi connectivity index (χ3v) is 3.72. The molecule has 0 saturated heterocycles. The molecule has 4 nitrogen and oxygen atoms in total. The van der Waals surface area contributed by atoms with Gasteiger partial charge in [0.15, 0.2) is 0 Å². The van der Waals surface area contributed by atoms with Crippen molar-refractivity contribution in [3.8, 4) is 0 Å². The fourth-order valence-corrected chi connectivity index (χ4v) is 2.48. The molecule has 2 rings (SSSR count). The largest absolute Gasteiger partial charge is 0.370 e. The van der Waals surface area contributed by atoms with Crippen molar-refractivity contribution < 1.29 is 0 Å². The van der Waals surface area contributed by atoms with E-state index in [1.165, 1.54) is 18.4 Å². The third-order valence-electron chi connectivity index (χ3n) is 3.72. The summed E-state index contributed by atoms with van der Waals surface area (Å²) >= 11 is 0. The first-order chi connectivity index (χ1) is 11.0. The summed E-state index contributed by atoms with van der Waals surface area (Å²) in [5.41, 5.74) is 2.38. The van der Waals surface area contributed by atoms with Crippen LogP contribution in [0.5, 0.6) is 0 Å². The molecule has 124 valence electrons. The van der Waals surface area contributed by atoms with E-state index in [0.717, 1.165) is 24.5 Å². The summed E-state index contributed by atoms with van der Waals surface area (Å²) in [6, 6.07) is 10.2. The highest BCUT2D eigenvalue weighted by atomic mass is 15.1. The van der Waals surface area contributed by atoms with Gasteiger partial charge in [0.05, 0.1) is 0 Å². The maximum absolute atomic E-state index is 4.56. The van der Waals surface area contributed by atoms with Crippen molar-refractivity contribution in [1.82, 2.24) is 9.97 Å². The van der Waals surface area contributed by atoms with Crippen LogP contribution in [0, 0.1) is 0 Å². The fraction of sp³-hybridized carbons (Fsp3) is 0.474. The monoisotopic (exact) mass is 312 g/mol. The zero-order valence-electron chi connectivity index (χ0n) is 14.7. The molecule has 1 aromatic heterocycles. The van der Waals surface area contributed by atoms with Gasteiger partial charge in [0, 0.05) is 18.4 Å². The first-order valence-electron chi connectivity index (χ1n) is 8.44. The van der Waals surface area contributed by atoms with Crippen LogP contribution in [0.3, 0.4) is 0 Å². The van der Waals surface area contributed by atoms with Crippen molar-refractivity contribution in [3.63, 3.8) is 0 Å². The maximum Gasteiger partial charge on any atom is 0.229 e. The van der Waals surface area contributed by atoms with Gasteiger partial charge in [-0.3, -0.25) is 0 Å². The highest BCUT2D eigenvalue weighted by molar-refractivity contribution is 5.61. The Bertz CT molecular complexity index is 617. The molecule has 0 unspecified atom stereocenters. The number of nitrogens with zero attached hydrogens (tertiary/aromatic N) is 2. The van der Waals surface area contributed by atoms with Crippen molar-refractivity contribution in [2.45, 2.75) is 52.4 Å². The number of anilines is 3. The van der Waals surface area contributed by atoms with Crippen LogP contribution in [-0.4, -0.2) is 16.5 Å². The van der Waals surface area contributed by atoms with Gasteiger partial charge in [0.2, 0.25) is 5.95 Å². The Morgan fingerprint density at radius 2 is 1.83 bits per heavy atom. The molecule has 23 heavy (non-hydrogen) atoms. The van der Waals surface area contributed by atoms with Crippen molar-refractivity contribution in [3.05, 3.63) is 42.1 Å². The molecule has 2 aromatic rings. The second kappa shape index (κ2) is 7.95. The molecule has 0 aliphatic rings. The number of aromatic nitrogens is 2. The standard InChI is InChI=1S/C19H28N4/c1-5-6-9-13-20-17-12-14-21-18(23-17)22-16-11-8-7-10-15(16)19(2,3)4/h7-8,10-12,14H,5-6,9,13H2,1-4H3,(H2,20,21,22,23). The van der Waals surface area contributed by atoms with E-state index in [-0.39, 0.29) is 5.41 Å². The van der Waals surface area contributed by atoms with Crippen LogP contribution < -0.4 is 10.6 Å². The molecule has 0 spiro atoms.